The number of alkyl halides is 23. The summed E-state index contributed by atoms with van der Waals surface area (Å²) in [5.74, 6) is -103. The average Bonchev–Trinajstić information content (AvgIpc) is 3.30. The van der Waals surface area contributed by atoms with E-state index in [-0.39, 0.29) is 0 Å². The maximum Gasteiger partial charge on any atom is 0.424 e. The van der Waals surface area contributed by atoms with Crippen LogP contribution in [-0.2, 0) is 4.74 Å². The zero-order valence-corrected chi connectivity index (χ0v) is 17.2. The van der Waals surface area contributed by atoms with Gasteiger partial charge >= 0.3 is 77.3 Å². The van der Waals surface area contributed by atoms with E-state index in [0.717, 1.165) is 0 Å². The van der Waals surface area contributed by atoms with E-state index in [4.69, 9.17) is 0 Å². The lowest BCUT2D eigenvalue weighted by molar-refractivity contribution is -0.471. The van der Waals surface area contributed by atoms with Crippen LogP contribution in [0, 0.1) is 0 Å². The first-order valence-electron chi connectivity index (χ1n) is 8.57. The van der Waals surface area contributed by atoms with Gasteiger partial charge in [0.05, 0.1) is 0 Å². The van der Waals surface area contributed by atoms with E-state index in [1.54, 1.807) is 0 Å². The van der Waals surface area contributed by atoms with Gasteiger partial charge in [-0.15, -0.1) is 0 Å². The van der Waals surface area contributed by atoms with Gasteiger partial charge in [0.25, 0.3) is 0 Å². The highest BCUT2D eigenvalue weighted by molar-refractivity contribution is 5.23. The third-order valence-electron chi connectivity index (χ3n) is 5.00. The van der Waals surface area contributed by atoms with Crippen LogP contribution in [-0.4, -0.2) is 71.2 Å². The summed E-state index contributed by atoms with van der Waals surface area (Å²) in [6.45, 7) is 0. The number of epoxide rings is 1. The second-order valence-corrected chi connectivity index (χ2v) is 7.53. The summed E-state index contributed by atoms with van der Waals surface area (Å²) >= 11 is 0. The smallest absolute Gasteiger partial charge is 0.265 e. The second kappa shape index (κ2) is 8.72. The molecule has 0 N–H and O–H groups in total. The van der Waals surface area contributed by atoms with Crippen molar-refractivity contribution < 1.29 is 119 Å². The Bertz CT molecular complexity index is 1060. The van der Waals surface area contributed by atoms with E-state index in [1.807, 2.05) is 4.74 Å². The van der Waals surface area contributed by atoms with Crippen molar-refractivity contribution in [3.63, 3.8) is 0 Å². The predicted octanol–water partition coefficient (Wildman–Crippen LogP) is 8.71. The minimum absolute atomic E-state index is 1.90. The van der Waals surface area contributed by atoms with Crippen LogP contribution >= 0.6 is 0 Å². The van der Waals surface area contributed by atoms with E-state index in [0.29, 0.717) is 0 Å². The third-order valence-corrected chi connectivity index (χ3v) is 5.00. The Morgan fingerprint density at radius 1 is 0.390 bits per heavy atom. The molecule has 0 saturated carbocycles. The van der Waals surface area contributed by atoms with Crippen molar-refractivity contribution in [2.24, 2.45) is 0 Å². The first kappa shape index (κ1) is 36.9. The lowest BCUT2D eigenvalue weighted by Gasteiger charge is -2.45. The molecule has 1 rings (SSSR count). The van der Waals surface area contributed by atoms with Crippen molar-refractivity contribution in [1.29, 1.82) is 0 Å². The van der Waals surface area contributed by atoms with Crippen LogP contribution in [0.5, 0.6) is 0 Å². The van der Waals surface area contributed by atoms with Crippen molar-refractivity contribution in [3.8, 4) is 0 Å². The molecule has 0 spiro atoms. The van der Waals surface area contributed by atoms with Crippen molar-refractivity contribution in [2.45, 2.75) is 71.2 Å². The number of ether oxygens (including phenoxy) is 1. The number of hydrogen-bond acceptors (Lipinski definition) is 1. The quantitative estimate of drug-likeness (QED) is 0.158. The molecule has 1 fully saturated rings. The van der Waals surface area contributed by atoms with Crippen molar-refractivity contribution in [3.05, 3.63) is 11.9 Å². The Hall–Kier alpha value is -2.12. The van der Waals surface area contributed by atoms with Crippen LogP contribution in [0.2, 0.25) is 0 Å². The summed E-state index contributed by atoms with van der Waals surface area (Å²) in [7, 11) is 0. The van der Waals surface area contributed by atoms with E-state index in [2.05, 4.69) is 0 Å². The minimum Gasteiger partial charge on any atom is -0.265 e. The molecule has 0 aromatic carbocycles. The fraction of sp³-hybridized carbons (Fsp3) is 0.857. The minimum atomic E-state index is -9.60. The Morgan fingerprint density at radius 3 is 0.829 bits per heavy atom. The fourth-order valence-electron chi connectivity index (χ4n) is 2.43. The highest BCUT2D eigenvalue weighted by Gasteiger charge is 3.02. The molecule has 41 heavy (non-hydrogen) atoms. The first-order valence-corrected chi connectivity index (χ1v) is 8.57. The fourth-order valence-corrected chi connectivity index (χ4v) is 2.43. The molecule has 0 bridgehead atoms. The van der Waals surface area contributed by atoms with Crippen LogP contribution in [0.25, 0.3) is 0 Å². The lowest BCUT2D eigenvalue weighted by atomic mass is 9.84. The Morgan fingerprint density at radius 2 is 0.610 bits per heavy atom. The molecule has 0 aliphatic carbocycles. The first-order chi connectivity index (χ1) is 17.3. The molecule has 1 atom stereocenters. The number of rotatable bonds is 11. The van der Waals surface area contributed by atoms with Gasteiger partial charge in [0.15, 0.2) is 0 Å². The standard InChI is InChI=1S/C14F26O/c15-1(2(16)17)3(18,19)4(20,21)5(22,23)6(24,25)7(26,27)8(28,29)9(30,31)10(32,33)11(34,35)12(36,37)13(38)14(39,40)41-13. The Labute approximate surface area is 203 Å². The summed E-state index contributed by atoms with van der Waals surface area (Å²) in [6, 6.07) is 0. The monoisotopic (exact) mass is 678 g/mol. The van der Waals surface area contributed by atoms with Crippen LogP contribution in [0.3, 0.4) is 0 Å². The molecule has 0 amide bonds. The van der Waals surface area contributed by atoms with E-state index < -0.39 is 83.1 Å². The molecule has 1 aliphatic heterocycles. The molecule has 1 aliphatic rings. The van der Waals surface area contributed by atoms with Crippen molar-refractivity contribution >= 4 is 0 Å². The summed E-state index contributed by atoms with van der Waals surface area (Å²) in [5, 5.41) is 0. The maximum absolute atomic E-state index is 13.6. The summed E-state index contributed by atoms with van der Waals surface area (Å²) < 4.78 is 344. The second-order valence-electron chi connectivity index (χ2n) is 7.53. The maximum atomic E-state index is 13.6. The highest BCUT2D eigenvalue weighted by Crippen LogP contribution is 2.70. The molecule has 1 unspecified atom stereocenters. The highest BCUT2D eigenvalue weighted by atomic mass is 19.4. The zero-order valence-electron chi connectivity index (χ0n) is 17.2. The van der Waals surface area contributed by atoms with Crippen LogP contribution in [0.1, 0.15) is 0 Å². The lowest BCUT2D eigenvalue weighted by Crippen LogP contribution is -2.77. The van der Waals surface area contributed by atoms with Gasteiger partial charge in [0.1, 0.15) is 0 Å². The molecule has 0 radical (unpaired) electrons. The molecule has 0 aromatic rings. The third kappa shape index (κ3) is 3.97. The predicted molar refractivity (Wildman–Crippen MR) is 69.7 cm³/mol. The van der Waals surface area contributed by atoms with E-state index in [9.17, 15) is 114 Å². The normalized spacial score (nSPS) is 22.1. The van der Waals surface area contributed by atoms with Gasteiger partial charge in [-0.1, -0.05) is 0 Å². The number of halogens is 26. The molecule has 1 heterocycles. The summed E-state index contributed by atoms with van der Waals surface area (Å²) in [6.07, 6.45) is -11.2. The summed E-state index contributed by atoms with van der Waals surface area (Å²) in [5.41, 5.74) is 0. The molecule has 1 saturated heterocycles. The molecule has 0 aromatic heterocycles. The largest absolute Gasteiger partial charge is 0.424 e. The van der Waals surface area contributed by atoms with Gasteiger partial charge in [0.2, 0.25) is 5.83 Å². The van der Waals surface area contributed by atoms with Gasteiger partial charge in [-0.25, -0.2) is 0 Å². The van der Waals surface area contributed by atoms with Gasteiger partial charge in [-0.3, -0.25) is 4.74 Å². The summed E-state index contributed by atoms with van der Waals surface area (Å²) in [4.78, 5) is 0. The Kier molecular flexibility index (Phi) is 7.85. The molecule has 244 valence electrons. The topological polar surface area (TPSA) is 12.5 Å². The molecular weight excluding hydrogens is 678 g/mol. The van der Waals surface area contributed by atoms with Crippen molar-refractivity contribution in [2.75, 3.05) is 0 Å². The number of allylic oxidation sites excluding steroid dienone is 1. The average molecular weight is 678 g/mol. The van der Waals surface area contributed by atoms with Gasteiger partial charge in [-0.05, 0) is 0 Å². The van der Waals surface area contributed by atoms with Gasteiger partial charge in [0, 0.05) is 0 Å². The van der Waals surface area contributed by atoms with Gasteiger partial charge < -0.3 is 0 Å². The SMILES string of the molecule is FC(F)=C(F)C(F)(F)C(F)(F)C(F)(F)C(F)(F)C(F)(F)C(F)(F)C(F)(F)C(F)(F)C(F)(F)C(F)(F)C1(F)OC1(F)F. The molecular formula is C14F26O. The van der Waals surface area contributed by atoms with Crippen molar-refractivity contribution in [1.82, 2.24) is 0 Å². The van der Waals surface area contributed by atoms with Crippen LogP contribution in [0.4, 0.5) is 114 Å². The van der Waals surface area contributed by atoms with Gasteiger partial charge in [-0.2, -0.15) is 114 Å². The van der Waals surface area contributed by atoms with E-state index >= 15 is 0 Å². The molecule has 1 nitrogen and oxygen atoms in total. The van der Waals surface area contributed by atoms with E-state index in [1.165, 1.54) is 0 Å². The zero-order chi connectivity index (χ0) is 33.9. The number of hydrogen-bond donors (Lipinski definition) is 0. The Balaban J connectivity index is 3.86. The van der Waals surface area contributed by atoms with Crippen LogP contribution < -0.4 is 0 Å². The molecule has 27 heteroatoms. The van der Waals surface area contributed by atoms with Crippen LogP contribution in [0.15, 0.2) is 11.9 Å².